The van der Waals surface area contributed by atoms with Gasteiger partial charge < -0.3 is 5.32 Å². The number of piperidine rings is 1. The van der Waals surface area contributed by atoms with E-state index in [1.807, 2.05) is 6.92 Å². The summed E-state index contributed by atoms with van der Waals surface area (Å²) in [4.78, 5) is 0. The minimum Gasteiger partial charge on any atom is -0.317 e. The van der Waals surface area contributed by atoms with Crippen molar-refractivity contribution in [2.75, 3.05) is 26.2 Å². The van der Waals surface area contributed by atoms with Crippen molar-refractivity contribution in [3.05, 3.63) is 0 Å². The summed E-state index contributed by atoms with van der Waals surface area (Å²) in [5.74, 6) is 0.501. The second-order valence-corrected chi connectivity index (χ2v) is 6.05. The smallest absolute Gasteiger partial charge is 0.279 e. The lowest BCUT2D eigenvalue weighted by Gasteiger charge is -2.32. The molecule has 0 bridgehead atoms. The Balaban J connectivity index is 2.03. The van der Waals surface area contributed by atoms with Gasteiger partial charge in [-0.15, -0.1) is 0 Å². The van der Waals surface area contributed by atoms with Gasteiger partial charge in [0.25, 0.3) is 10.2 Å². The van der Waals surface area contributed by atoms with Crippen LogP contribution in [0, 0.1) is 5.92 Å². The van der Waals surface area contributed by atoms with Crippen LogP contribution in [-0.2, 0) is 10.2 Å². The lowest BCUT2D eigenvalue weighted by Crippen LogP contribution is -2.44. The number of rotatable bonds is 2. The van der Waals surface area contributed by atoms with Gasteiger partial charge in [-0.25, -0.2) is 4.72 Å². The molecule has 88 valence electrons. The molecule has 0 aromatic heterocycles. The molecule has 0 aromatic carbocycles. The Labute approximate surface area is 91.4 Å². The van der Waals surface area contributed by atoms with Crippen molar-refractivity contribution in [3.63, 3.8) is 0 Å². The molecule has 2 heterocycles. The van der Waals surface area contributed by atoms with Crippen LogP contribution in [0.25, 0.3) is 0 Å². The number of nitrogens with one attached hydrogen (secondary N) is 2. The van der Waals surface area contributed by atoms with Crippen molar-refractivity contribution in [1.29, 1.82) is 0 Å². The number of hydrogen-bond acceptors (Lipinski definition) is 3. The fourth-order valence-electron chi connectivity index (χ4n) is 2.47. The van der Waals surface area contributed by atoms with Crippen molar-refractivity contribution < 1.29 is 8.42 Å². The highest BCUT2D eigenvalue weighted by molar-refractivity contribution is 7.87. The third-order valence-electron chi connectivity index (χ3n) is 3.45. The van der Waals surface area contributed by atoms with Gasteiger partial charge in [0, 0.05) is 19.1 Å². The minimum atomic E-state index is -3.17. The van der Waals surface area contributed by atoms with E-state index in [9.17, 15) is 8.42 Å². The van der Waals surface area contributed by atoms with Crippen LogP contribution in [0.2, 0.25) is 0 Å². The molecule has 0 amide bonds. The van der Waals surface area contributed by atoms with Gasteiger partial charge in [-0.1, -0.05) is 0 Å². The molecule has 1 atom stereocenters. The molecule has 0 radical (unpaired) electrons. The first-order valence-corrected chi connectivity index (χ1v) is 7.02. The predicted molar refractivity (Wildman–Crippen MR) is 58.7 cm³/mol. The van der Waals surface area contributed by atoms with Gasteiger partial charge >= 0.3 is 0 Å². The minimum absolute atomic E-state index is 0.132. The van der Waals surface area contributed by atoms with Crippen LogP contribution in [-0.4, -0.2) is 44.9 Å². The summed E-state index contributed by atoms with van der Waals surface area (Å²) in [7, 11) is -3.17. The maximum Gasteiger partial charge on any atom is 0.279 e. The first kappa shape index (κ1) is 11.3. The first-order valence-electron chi connectivity index (χ1n) is 5.58. The molecule has 5 nitrogen and oxygen atoms in total. The summed E-state index contributed by atoms with van der Waals surface area (Å²) < 4.78 is 27.5. The van der Waals surface area contributed by atoms with Crippen LogP contribution < -0.4 is 10.0 Å². The number of nitrogens with zero attached hydrogens (tertiary/aromatic N) is 1. The quantitative estimate of drug-likeness (QED) is 0.677. The van der Waals surface area contributed by atoms with Crippen LogP contribution in [0.5, 0.6) is 0 Å². The summed E-state index contributed by atoms with van der Waals surface area (Å²) in [5.41, 5.74) is 0. The van der Waals surface area contributed by atoms with Crippen LogP contribution in [0.3, 0.4) is 0 Å². The Hall–Kier alpha value is -0.170. The third kappa shape index (κ3) is 2.33. The van der Waals surface area contributed by atoms with Gasteiger partial charge in [-0.2, -0.15) is 12.7 Å². The second kappa shape index (κ2) is 4.37. The number of hydrogen-bond donors (Lipinski definition) is 2. The van der Waals surface area contributed by atoms with E-state index < -0.39 is 10.2 Å². The van der Waals surface area contributed by atoms with Gasteiger partial charge in [0.2, 0.25) is 0 Å². The molecule has 1 unspecified atom stereocenters. The standard InChI is InChI=1S/C9H19N3O2S/c1-8(9-2-4-10-5-3-9)12-7-6-11-15(12,13)14/h8-11H,2-7H2,1H3. The fraction of sp³-hybridized carbons (Fsp3) is 1.00. The Kier molecular flexibility index (Phi) is 3.30. The molecule has 2 N–H and O–H groups in total. The topological polar surface area (TPSA) is 61.4 Å². The van der Waals surface area contributed by atoms with Crippen molar-refractivity contribution in [2.24, 2.45) is 5.92 Å². The Morgan fingerprint density at radius 3 is 2.47 bits per heavy atom. The van der Waals surface area contributed by atoms with E-state index >= 15 is 0 Å². The maximum atomic E-state index is 11.6. The zero-order chi connectivity index (χ0) is 10.9. The molecule has 2 fully saturated rings. The molecule has 2 saturated heterocycles. The van der Waals surface area contributed by atoms with Crippen LogP contribution in [0.1, 0.15) is 19.8 Å². The molecular weight excluding hydrogens is 214 g/mol. The molecule has 2 aliphatic rings. The monoisotopic (exact) mass is 233 g/mol. The largest absolute Gasteiger partial charge is 0.317 e. The molecule has 6 heteroatoms. The summed E-state index contributed by atoms with van der Waals surface area (Å²) >= 11 is 0. The van der Waals surface area contributed by atoms with Crippen molar-refractivity contribution in [1.82, 2.24) is 14.3 Å². The van der Waals surface area contributed by atoms with Gasteiger partial charge in [0.15, 0.2) is 0 Å². The summed E-state index contributed by atoms with van der Waals surface area (Å²) in [6.07, 6.45) is 2.15. The highest BCUT2D eigenvalue weighted by Gasteiger charge is 2.35. The zero-order valence-electron chi connectivity index (χ0n) is 9.07. The molecule has 0 aromatic rings. The van der Waals surface area contributed by atoms with Crippen LogP contribution >= 0.6 is 0 Å². The van der Waals surface area contributed by atoms with Crippen molar-refractivity contribution >= 4 is 10.2 Å². The molecule has 0 saturated carbocycles. The second-order valence-electron chi connectivity index (χ2n) is 4.34. The maximum absolute atomic E-state index is 11.6. The molecule has 2 aliphatic heterocycles. The van der Waals surface area contributed by atoms with E-state index in [0.29, 0.717) is 19.0 Å². The molecular formula is C9H19N3O2S. The summed E-state index contributed by atoms with van der Waals surface area (Å²) in [6, 6.07) is 0.132. The predicted octanol–water partition coefficient (Wildman–Crippen LogP) is -0.475. The SMILES string of the molecule is CC(C1CCNCC1)N1CCNS1(=O)=O. The van der Waals surface area contributed by atoms with Crippen LogP contribution in [0.4, 0.5) is 0 Å². The van der Waals surface area contributed by atoms with Crippen molar-refractivity contribution in [3.8, 4) is 0 Å². The van der Waals surface area contributed by atoms with Crippen LogP contribution in [0.15, 0.2) is 0 Å². The molecule has 0 spiro atoms. The summed E-state index contributed by atoms with van der Waals surface area (Å²) in [6.45, 7) is 5.22. The Bertz CT molecular complexity index is 311. The summed E-state index contributed by atoms with van der Waals surface area (Å²) in [5, 5.41) is 3.30. The first-order chi connectivity index (χ1) is 7.11. The lowest BCUT2D eigenvalue weighted by atomic mass is 9.91. The highest BCUT2D eigenvalue weighted by atomic mass is 32.2. The Morgan fingerprint density at radius 2 is 1.93 bits per heavy atom. The fourth-order valence-corrected chi connectivity index (χ4v) is 3.93. The molecule has 2 rings (SSSR count). The van der Waals surface area contributed by atoms with E-state index in [0.717, 1.165) is 25.9 Å². The Morgan fingerprint density at radius 1 is 1.27 bits per heavy atom. The normalized spacial score (nSPS) is 30.5. The van der Waals surface area contributed by atoms with E-state index in [4.69, 9.17) is 0 Å². The molecule has 15 heavy (non-hydrogen) atoms. The van der Waals surface area contributed by atoms with Gasteiger partial charge in [0.05, 0.1) is 0 Å². The average molecular weight is 233 g/mol. The average Bonchev–Trinajstić information content (AvgIpc) is 2.58. The van der Waals surface area contributed by atoms with E-state index in [2.05, 4.69) is 10.0 Å². The molecule has 0 aliphatic carbocycles. The van der Waals surface area contributed by atoms with E-state index in [1.54, 1.807) is 4.31 Å². The van der Waals surface area contributed by atoms with Crippen molar-refractivity contribution in [2.45, 2.75) is 25.8 Å². The lowest BCUT2D eigenvalue weighted by molar-refractivity contribution is 0.224. The zero-order valence-corrected chi connectivity index (χ0v) is 9.89. The van der Waals surface area contributed by atoms with E-state index in [1.165, 1.54) is 0 Å². The van der Waals surface area contributed by atoms with Gasteiger partial charge in [0.1, 0.15) is 0 Å². The highest BCUT2D eigenvalue weighted by Crippen LogP contribution is 2.23. The van der Waals surface area contributed by atoms with E-state index in [-0.39, 0.29) is 6.04 Å². The third-order valence-corrected chi connectivity index (χ3v) is 5.15. The van der Waals surface area contributed by atoms with Gasteiger partial charge in [-0.3, -0.25) is 0 Å². The van der Waals surface area contributed by atoms with Gasteiger partial charge in [-0.05, 0) is 38.8 Å².